The highest BCUT2D eigenvalue weighted by Gasteiger charge is 2.17. The van der Waals surface area contributed by atoms with Crippen LogP contribution in [0.5, 0.6) is 0 Å². The third-order valence-corrected chi connectivity index (χ3v) is 3.95. The zero-order chi connectivity index (χ0) is 11.7. The third kappa shape index (κ3) is 2.20. The molecule has 1 saturated heterocycles. The van der Waals surface area contributed by atoms with E-state index in [-0.39, 0.29) is 5.91 Å². The molecule has 17 heavy (non-hydrogen) atoms. The van der Waals surface area contributed by atoms with E-state index in [1.807, 2.05) is 27.1 Å². The smallest absolute Gasteiger partial charge is 0.228 e. The molecule has 4 nitrogen and oxygen atoms in total. The molecule has 0 saturated carbocycles. The summed E-state index contributed by atoms with van der Waals surface area (Å²) in [5.74, 6) is 0.218. The molecule has 0 atom stereocenters. The van der Waals surface area contributed by atoms with Gasteiger partial charge in [0.1, 0.15) is 0 Å². The van der Waals surface area contributed by atoms with Crippen molar-refractivity contribution < 1.29 is 4.79 Å². The summed E-state index contributed by atoms with van der Waals surface area (Å²) in [5.41, 5.74) is 0.882. The lowest BCUT2D eigenvalue weighted by molar-refractivity contribution is -0.131. The summed E-state index contributed by atoms with van der Waals surface area (Å²) in [5, 5.41) is 2.00. The average Bonchev–Trinajstić information content (AvgIpc) is 2.90. The van der Waals surface area contributed by atoms with Gasteiger partial charge in [-0.3, -0.25) is 9.20 Å². The van der Waals surface area contributed by atoms with Crippen molar-refractivity contribution in [2.24, 2.45) is 0 Å². The number of thiazole rings is 1. The molecular weight excluding hydrogens is 234 g/mol. The monoisotopic (exact) mass is 249 g/mol. The van der Waals surface area contributed by atoms with Gasteiger partial charge in [0.15, 0.2) is 4.96 Å². The Morgan fingerprint density at radius 3 is 2.94 bits per heavy atom. The molecule has 1 fully saturated rings. The highest BCUT2D eigenvalue weighted by atomic mass is 32.1. The molecule has 1 aliphatic rings. The minimum absolute atomic E-state index is 0.218. The summed E-state index contributed by atoms with van der Waals surface area (Å²) in [7, 11) is 0. The van der Waals surface area contributed by atoms with E-state index in [2.05, 4.69) is 4.98 Å². The second-order valence-corrected chi connectivity index (χ2v) is 5.32. The molecule has 90 valence electrons. The van der Waals surface area contributed by atoms with Crippen molar-refractivity contribution in [2.45, 2.75) is 25.7 Å². The number of nitrogens with zero attached hydrogens (tertiary/aromatic N) is 3. The first-order valence-electron chi connectivity index (χ1n) is 6.02. The Labute approximate surface area is 104 Å². The molecule has 1 amide bonds. The zero-order valence-corrected chi connectivity index (χ0v) is 10.4. The lowest BCUT2D eigenvalue weighted by Gasteiger charge is -2.26. The number of carbonyl (C=O) groups excluding carboxylic acids is 1. The van der Waals surface area contributed by atoms with E-state index in [0.717, 1.165) is 36.6 Å². The quantitative estimate of drug-likeness (QED) is 0.816. The third-order valence-electron chi connectivity index (χ3n) is 3.18. The maximum Gasteiger partial charge on any atom is 0.228 e. The summed E-state index contributed by atoms with van der Waals surface area (Å²) in [6, 6.07) is 0. The molecular formula is C12H15N3OS. The van der Waals surface area contributed by atoms with Gasteiger partial charge in [-0.05, 0) is 19.3 Å². The molecule has 0 radical (unpaired) electrons. The van der Waals surface area contributed by atoms with Crippen LogP contribution in [0.4, 0.5) is 0 Å². The van der Waals surface area contributed by atoms with Gasteiger partial charge in [0.05, 0.1) is 12.1 Å². The SMILES string of the molecule is O=C(Cc1cn2ccsc2n1)N1CCCCC1. The Kier molecular flexibility index (Phi) is 2.84. The van der Waals surface area contributed by atoms with Crippen LogP contribution in [0.15, 0.2) is 17.8 Å². The maximum atomic E-state index is 12.0. The minimum atomic E-state index is 0.218. The van der Waals surface area contributed by atoms with Gasteiger partial charge in [-0.2, -0.15) is 0 Å². The lowest BCUT2D eigenvalue weighted by atomic mass is 10.1. The van der Waals surface area contributed by atoms with Crippen molar-refractivity contribution in [3.8, 4) is 0 Å². The second kappa shape index (κ2) is 4.49. The van der Waals surface area contributed by atoms with Crippen LogP contribution in [0.2, 0.25) is 0 Å². The molecule has 2 aromatic heterocycles. The van der Waals surface area contributed by atoms with Crippen molar-refractivity contribution in [1.29, 1.82) is 0 Å². The number of aromatic nitrogens is 2. The Morgan fingerprint density at radius 1 is 1.35 bits per heavy atom. The molecule has 0 aromatic carbocycles. The number of fused-ring (bicyclic) bond motifs is 1. The minimum Gasteiger partial charge on any atom is -0.342 e. The van der Waals surface area contributed by atoms with Gasteiger partial charge in [0.25, 0.3) is 0 Å². The first-order chi connectivity index (χ1) is 8.33. The standard InChI is InChI=1S/C12H15N3OS/c16-11(14-4-2-1-3-5-14)8-10-9-15-6-7-17-12(15)13-10/h6-7,9H,1-5,8H2. The highest BCUT2D eigenvalue weighted by molar-refractivity contribution is 7.15. The summed E-state index contributed by atoms with van der Waals surface area (Å²) < 4.78 is 1.98. The fourth-order valence-corrected chi connectivity index (χ4v) is 2.99. The molecule has 0 bridgehead atoms. The molecule has 5 heteroatoms. The topological polar surface area (TPSA) is 37.6 Å². The second-order valence-electron chi connectivity index (χ2n) is 4.44. The van der Waals surface area contributed by atoms with Gasteiger partial charge in [0.2, 0.25) is 5.91 Å². The molecule has 0 spiro atoms. The van der Waals surface area contributed by atoms with E-state index < -0.39 is 0 Å². The van der Waals surface area contributed by atoms with E-state index in [1.165, 1.54) is 6.42 Å². The van der Waals surface area contributed by atoms with Crippen molar-refractivity contribution in [1.82, 2.24) is 14.3 Å². The first-order valence-corrected chi connectivity index (χ1v) is 6.90. The van der Waals surface area contributed by atoms with Crippen LogP contribution in [0.1, 0.15) is 25.0 Å². The number of imidazole rings is 1. The highest BCUT2D eigenvalue weighted by Crippen LogP contribution is 2.14. The van der Waals surface area contributed by atoms with Crippen LogP contribution in [-0.2, 0) is 11.2 Å². The number of piperidine rings is 1. The van der Waals surface area contributed by atoms with Crippen molar-refractivity contribution in [3.63, 3.8) is 0 Å². The Morgan fingerprint density at radius 2 is 2.18 bits per heavy atom. The van der Waals surface area contributed by atoms with E-state index in [0.29, 0.717) is 6.42 Å². The van der Waals surface area contributed by atoms with E-state index >= 15 is 0 Å². The summed E-state index contributed by atoms with van der Waals surface area (Å²) in [4.78, 5) is 19.4. The fourth-order valence-electron chi connectivity index (χ4n) is 2.27. The molecule has 3 heterocycles. The molecule has 2 aromatic rings. The van der Waals surface area contributed by atoms with Gasteiger partial charge < -0.3 is 4.90 Å². The molecule has 0 unspecified atom stereocenters. The largest absolute Gasteiger partial charge is 0.342 e. The Hall–Kier alpha value is -1.36. The van der Waals surface area contributed by atoms with Gasteiger partial charge >= 0.3 is 0 Å². The van der Waals surface area contributed by atoms with Crippen LogP contribution < -0.4 is 0 Å². The Balaban J connectivity index is 1.69. The number of carbonyl (C=O) groups is 1. The fraction of sp³-hybridized carbons (Fsp3) is 0.500. The van der Waals surface area contributed by atoms with Crippen molar-refractivity contribution >= 4 is 22.2 Å². The zero-order valence-electron chi connectivity index (χ0n) is 9.63. The van der Waals surface area contributed by atoms with Crippen LogP contribution in [0, 0.1) is 0 Å². The van der Waals surface area contributed by atoms with Crippen LogP contribution in [0.3, 0.4) is 0 Å². The normalized spacial score (nSPS) is 16.6. The summed E-state index contributed by atoms with van der Waals surface area (Å²) in [6.45, 7) is 1.84. The van der Waals surface area contributed by atoms with E-state index in [4.69, 9.17) is 0 Å². The number of hydrogen-bond donors (Lipinski definition) is 0. The Bertz CT molecular complexity index is 496. The van der Waals surface area contributed by atoms with Crippen LogP contribution >= 0.6 is 11.3 Å². The predicted molar refractivity (Wildman–Crippen MR) is 67.2 cm³/mol. The molecule has 0 aliphatic carbocycles. The average molecular weight is 249 g/mol. The predicted octanol–water partition coefficient (Wildman–Crippen LogP) is 1.95. The van der Waals surface area contributed by atoms with Crippen LogP contribution in [-0.4, -0.2) is 33.3 Å². The van der Waals surface area contributed by atoms with Crippen LogP contribution in [0.25, 0.3) is 4.96 Å². The summed E-state index contributed by atoms with van der Waals surface area (Å²) >= 11 is 1.60. The van der Waals surface area contributed by atoms with Crippen molar-refractivity contribution in [3.05, 3.63) is 23.5 Å². The van der Waals surface area contributed by atoms with Crippen molar-refractivity contribution in [2.75, 3.05) is 13.1 Å². The molecule has 0 N–H and O–H groups in total. The molecule has 3 rings (SSSR count). The van der Waals surface area contributed by atoms with Gasteiger partial charge in [-0.1, -0.05) is 0 Å². The first kappa shape index (κ1) is 10.8. The van der Waals surface area contributed by atoms with Gasteiger partial charge in [-0.25, -0.2) is 4.98 Å². The molecule has 1 aliphatic heterocycles. The number of hydrogen-bond acceptors (Lipinski definition) is 3. The number of rotatable bonds is 2. The number of amides is 1. The van der Waals surface area contributed by atoms with Gasteiger partial charge in [0, 0.05) is 30.9 Å². The van der Waals surface area contributed by atoms with E-state index in [9.17, 15) is 4.79 Å². The number of likely N-dealkylation sites (tertiary alicyclic amines) is 1. The lowest BCUT2D eigenvalue weighted by Crippen LogP contribution is -2.36. The van der Waals surface area contributed by atoms with E-state index in [1.54, 1.807) is 11.3 Å². The maximum absolute atomic E-state index is 12.0. The summed E-state index contributed by atoms with van der Waals surface area (Å²) in [6.07, 6.45) is 7.90. The van der Waals surface area contributed by atoms with Gasteiger partial charge in [-0.15, -0.1) is 11.3 Å².